The van der Waals surface area contributed by atoms with Crippen LogP contribution in [0.25, 0.3) is 0 Å². The number of rotatable bonds is 7. The smallest absolute Gasteiger partial charge is 0.119 e. The third kappa shape index (κ3) is 4.64. The molecule has 1 atom stereocenters. The highest BCUT2D eigenvalue weighted by molar-refractivity contribution is 5.31. The monoisotopic (exact) mass is 248 g/mol. The molecular weight excluding hydrogens is 228 g/mol. The SMILES string of the molecule is COc1ccc(OCCN(C)C(C)CC#N)cc1. The fourth-order valence-corrected chi connectivity index (χ4v) is 1.49. The van der Waals surface area contributed by atoms with E-state index < -0.39 is 0 Å². The summed E-state index contributed by atoms with van der Waals surface area (Å²) in [5.74, 6) is 1.65. The van der Waals surface area contributed by atoms with Crippen molar-refractivity contribution in [2.75, 3.05) is 27.3 Å². The van der Waals surface area contributed by atoms with Crippen molar-refractivity contribution in [3.05, 3.63) is 24.3 Å². The number of benzene rings is 1. The highest BCUT2D eigenvalue weighted by Crippen LogP contribution is 2.16. The Morgan fingerprint density at radius 1 is 1.28 bits per heavy atom. The lowest BCUT2D eigenvalue weighted by Crippen LogP contribution is -2.32. The van der Waals surface area contributed by atoms with Gasteiger partial charge in [0.25, 0.3) is 0 Å². The van der Waals surface area contributed by atoms with Gasteiger partial charge in [-0.2, -0.15) is 5.26 Å². The van der Waals surface area contributed by atoms with E-state index in [0.717, 1.165) is 18.0 Å². The molecule has 0 fully saturated rings. The number of hydrogen-bond donors (Lipinski definition) is 0. The third-order valence-electron chi connectivity index (χ3n) is 2.91. The van der Waals surface area contributed by atoms with Gasteiger partial charge in [0.05, 0.1) is 19.6 Å². The molecule has 0 heterocycles. The lowest BCUT2D eigenvalue weighted by molar-refractivity contribution is 0.201. The number of hydrogen-bond acceptors (Lipinski definition) is 4. The van der Waals surface area contributed by atoms with Crippen LogP contribution in [0.3, 0.4) is 0 Å². The Morgan fingerprint density at radius 3 is 2.44 bits per heavy atom. The van der Waals surface area contributed by atoms with E-state index >= 15 is 0 Å². The maximum absolute atomic E-state index is 8.62. The van der Waals surface area contributed by atoms with Gasteiger partial charge in [-0.05, 0) is 38.2 Å². The molecule has 0 aromatic heterocycles. The summed E-state index contributed by atoms with van der Waals surface area (Å²) in [5.41, 5.74) is 0. The standard InChI is InChI=1S/C14H20N2O2/c1-12(8-9-15)16(2)10-11-18-14-6-4-13(17-3)5-7-14/h4-7,12H,8,10-11H2,1-3H3. The molecular formula is C14H20N2O2. The summed E-state index contributed by atoms with van der Waals surface area (Å²) in [6, 6.07) is 9.95. The number of ether oxygens (including phenoxy) is 2. The maximum atomic E-state index is 8.62. The summed E-state index contributed by atoms with van der Waals surface area (Å²) in [6.07, 6.45) is 0.541. The van der Waals surface area contributed by atoms with Crippen LogP contribution in [0.2, 0.25) is 0 Å². The van der Waals surface area contributed by atoms with Gasteiger partial charge < -0.3 is 9.47 Å². The van der Waals surface area contributed by atoms with Crippen LogP contribution in [0.1, 0.15) is 13.3 Å². The van der Waals surface area contributed by atoms with Crippen LogP contribution in [0.5, 0.6) is 11.5 Å². The zero-order valence-electron chi connectivity index (χ0n) is 11.2. The number of nitriles is 1. The molecule has 0 aliphatic carbocycles. The van der Waals surface area contributed by atoms with Crippen LogP contribution in [-0.4, -0.2) is 38.3 Å². The maximum Gasteiger partial charge on any atom is 0.119 e. The van der Waals surface area contributed by atoms with Gasteiger partial charge in [0.2, 0.25) is 0 Å². The zero-order valence-corrected chi connectivity index (χ0v) is 11.2. The van der Waals surface area contributed by atoms with Crippen molar-refractivity contribution in [2.45, 2.75) is 19.4 Å². The average Bonchev–Trinajstić information content (AvgIpc) is 2.39. The van der Waals surface area contributed by atoms with Crippen LogP contribution < -0.4 is 9.47 Å². The van der Waals surface area contributed by atoms with Crippen LogP contribution in [-0.2, 0) is 0 Å². The Morgan fingerprint density at radius 2 is 1.89 bits per heavy atom. The number of methoxy groups -OCH3 is 1. The molecule has 4 heteroatoms. The molecule has 0 radical (unpaired) electrons. The van der Waals surface area contributed by atoms with Crippen molar-refractivity contribution >= 4 is 0 Å². The van der Waals surface area contributed by atoms with Crippen LogP contribution in [0.15, 0.2) is 24.3 Å². The second-order valence-corrected chi connectivity index (χ2v) is 4.22. The largest absolute Gasteiger partial charge is 0.497 e. The van der Waals surface area contributed by atoms with Gasteiger partial charge in [0.1, 0.15) is 18.1 Å². The van der Waals surface area contributed by atoms with Crippen LogP contribution >= 0.6 is 0 Å². The van der Waals surface area contributed by atoms with Gasteiger partial charge in [-0.15, -0.1) is 0 Å². The quantitative estimate of drug-likeness (QED) is 0.743. The molecule has 18 heavy (non-hydrogen) atoms. The minimum atomic E-state index is 0.259. The first-order chi connectivity index (χ1) is 8.67. The van der Waals surface area contributed by atoms with Crippen molar-refractivity contribution in [2.24, 2.45) is 0 Å². The topological polar surface area (TPSA) is 45.5 Å². The molecule has 0 aliphatic heterocycles. The predicted molar refractivity (Wildman–Crippen MR) is 70.8 cm³/mol. The van der Waals surface area contributed by atoms with Crippen LogP contribution in [0, 0.1) is 11.3 Å². The normalized spacial score (nSPS) is 11.9. The molecule has 1 aromatic rings. The van der Waals surface area contributed by atoms with Crippen molar-refractivity contribution in [3.8, 4) is 17.6 Å². The third-order valence-corrected chi connectivity index (χ3v) is 2.91. The van der Waals surface area contributed by atoms with Gasteiger partial charge in [-0.25, -0.2) is 0 Å². The Balaban J connectivity index is 2.30. The first-order valence-electron chi connectivity index (χ1n) is 6.01. The summed E-state index contributed by atoms with van der Waals surface area (Å²) >= 11 is 0. The van der Waals surface area contributed by atoms with Gasteiger partial charge >= 0.3 is 0 Å². The van der Waals surface area contributed by atoms with E-state index in [-0.39, 0.29) is 6.04 Å². The molecule has 0 spiro atoms. The highest BCUT2D eigenvalue weighted by atomic mass is 16.5. The summed E-state index contributed by atoms with van der Waals surface area (Å²) in [4.78, 5) is 2.12. The Hall–Kier alpha value is -1.73. The Bertz CT molecular complexity index is 384. The van der Waals surface area contributed by atoms with E-state index in [2.05, 4.69) is 11.0 Å². The molecule has 0 N–H and O–H groups in total. The zero-order chi connectivity index (χ0) is 13.4. The van der Waals surface area contributed by atoms with Crippen molar-refractivity contribution in [1.82, 2.24) is 4.90 Å². The van der Waals surface area contributed by atoms with Gasteiger partial charge in [0.15, 0.2) is 0 Å². The Kier molecular flexibility index (Phi) is 6.03. The van der Waals surface area contributed by atoms with Gasteiger partial charge in [-0.1, -0.05) is 0 Å². The minimum Gasteiger partial charge on any atom is -0.497 e. The summed E-state index contributed by atoms with van der Waals surface area (Å²) in [5, 5.41) is 8.62. The second-order valence-electron chi connectivity index (χ2n) is 4.22. The van der Waals surface area contributed by atoms with Crippen molar-refractivity contribution in [1.29, 1.82) is 5.26 Å². The number of likely N-dealkylation sites (N-methyl/N-ethyl adjacent to an activating group) is 1. The molecule has 0 amide bonds. The van der Waals surface area contributed by atoms with Crippen molar-refractivity contribution in [3.63, 3.8) is 0 Å². The van der Waals surface area contributed by atoms with E-state index in [1.54, 1.807) is 7.11 Å². The molecule has 98 valence electrons. The fraction of sp³-hybridized carbons (Fsp3) is 0.500. The first-order valence-corrected chi connectivity index (χ1v) is 6.01. The van der Waals surface area contributed by atoms with E-state index in [0.29, 0.717) is 13.0 Å². The highest BCUT2D eigenvalue weighted by Gasteiger charge is 2.08. The first kappa shape index (κ1) is 14.3. The molecule has 0 bridgehead atoms. The lowest BCUT2D eigenvalue weighted by atomic mass is 10.2. The minimum absolute atomic E-state index is 0.259. The lowest BCUT2D eigenvalue weighted by Gasteiger charge is -2.22. The summed E-state index contributed by atoms with van der Waals surface area (Å²) in [6.45, 7) is 3.45. The van der Waals surface area contributed by atoms with E-state index in [1.807, 2.05) is 38.2 Å². The molecule has 0 saturated heterocycles. The second kappa shape index (κ2) is 7.57. The molecule has 4 nitrogen and oxygen atoms in total. The van der Waals surface area contributed by atoms with Crippen LogP contribution in [0.4, 0.5) is 0 Å². The fourth-order valence-electron chi connectivity index (χ4n) is 1.49. The number of nitrogens with zero attached hydrogens (tertiary/aromatic N) is 2. The Labute approximate surface area is 109 Å². The molecule has 0 saturated carbocycles. The average molecular weight is 248 g/mol. The summed E-state index contributed by atoms with van der Waals surface area (Å²) in [7, 11) is 3.64. The molecule has 0 aliphatic rings. The molecule has 1 aromatic carbocycles. The van der Waals surface area contributed by atoms with E-state index in [9.17, 15) is 0 Å². The van der Waals surface area contributed by atoms with Crippen molar-refractivity contribution < 1.29 is 9.47 Å². The van der Waals surface area contributed by atoms with Gasteiger partial charge in [0, 0.05) is 12.6 Å². The predicted octanol–water partition coefficient (Wildman–Crippen LogP) is 2.31. The van der Waals surface area contributed by atoms with E-state index in [4.69, 9.17) is 14.7 Å². The molecule has 1 rings (SSSR count). The summed E-state index contributed by atoms with van der Waals surface area (Å²) < 4.78 is 10.7. The van der Waals surface area contributed by atoms with Gasteiger partial charge in [-0.3, -0.25) is 4.90 Å². The van der Waals surface area contributed by atoms with E-state index in [1.165, 1.54) is 0 Å². The molecule has 1 unspecified atom stereocenters.